The summed E-state index contributed by atoms with van der Waals surface area (Å²) < 4.78 is 7.40. The van der Waals surface area contributed by atoms with Gasteiger partial charge in [-0.1, -0.05) is 29.3 Å². The quantitative estimate of drug-likeness (QED) is 0.798. The molecule has 0 amide bonds. The molecule has 1 aromatic heterocycles. The number of hydrogen-bond donors (Lipinski definition) is 0. The van der Waals surface area contributed by atoms with Crippen LogP contribution in [0.5, 0.6) is 11.6 Å². The average molecular weight is 279 g/mol. The maximum atomic E-state index is 11.5. The van der Waals surface area contributed by atoms with E-state index in [4.69, 9.17) is 16.3 Å². The van der Waals surface area contributed by atoms with Gasteiger partial charge in [0, 0.05) is 13.5 Å². The van der Waals surface area contributed by atoms with E-state index in [9.17, 15) is 4.79 Å². The molecular weight excluding hydrogens is 264 g/mol. The van der Waals surface area contributed by atoms with Crippen LogP contribution >= 0.6 is 11.6 Å². The van der Waals surface area contributed by atoms with Crippen LogP contribution in [0.3, 0.4) is 0 Å². The third-order valence-corrected chi connectivity index (χ3v) is 2.99. The molecule has 0 aliphatic heterocycles. The molecule has 0 bridgehead atoms. The number of benzene rings is 1. The molecule has 1 heterocycles. The molecule has 19 heavy (non-hydrogen) atoms. The zero-order chi connectivity index (χ0) is 14.0. The molecule has 5 heteroatoms. The van der Waals surface area contributed by atoms with Crippen LogP contribution in [0.2, 0.25) is 5.15 Å². The summed E-state index contributed by atoms with van der Waals surface area (Å²) in [4.78, 5) is 15.5. The molecule has 0 aliphatic carbocycles. The molecule has 0 saturated heterocycles. The second-order valence-electron chi connectivity index (χ2n) is 4.25. The lowest BCUT2D eigenvalue weighted by Crippen LogP contribution is -2.07. The molecule has 0 radical (unpaired) electrons. The minimum atomic E-state index is -0.137. The molecular formula is C14H15ClN2O2. The third-order valence-electron chi connectivity index (χ3n) is 2.75. The standard InChI is InChI=1S/C14H15ClN2O2/c1-4-17-13(10(3)18)16-12(15)14(17)19-11-7-5-9(2)6-8-11/h5-8H,4H2,1-3H3. The van der Waals surface area contributed by atoms with Crippen molar-refractivity contribution in [3.63, 3.8) is 0 Å². The number of carbonyl (C=O) groups excluding carboxylic acids is 1. The Balaban J connectivity index is 2.39. The molecule has 0 atom stereocenters. The maximum absolute atomic E-state index is 11.5. The van der Waals surface area contributed by atoms with Crippen molar-refractivity contribution in [3.05, 3.63) is 40.8 Å². The maximum Gasteiger partial charge on any atom is 0.239 e. The Kier molecular flexibility index (Phi) is 3.90. The SMILES string of the molecule is CCn1c(C(C)=O)nc(Cl)c1Oc1ccc(C)cc1. The van der Waals surface area contributed by atoms with Gasteiger partial charge in [0.2, 0.25) is 5.88 Å². The summed E-state index contributed by atoms with van der Waals surface area (Å²) in [5.41, 5.74) is 1.15. The number of rotatable bonds is 4. The Labute approximate surface area is 117 Å². The van der Waals surface area contributed by atoms with E-state index >= 15 is 0 Å². The smallest absolute Gasteiger partial charge is 0.239 e. The summed E-state index contributed by atoms with van der Waals surface area (Å²) in [6.45, 7) is 5.93. The summed E-state index contributed by atoms with van der Waals surface area (Å²) in [5.74, 6) is 1.24. The normalized spacial score (nSPS) is 10.5. The lowest BCUT2D eigenvalue weighted by atomic mass is 10.2. The van der Waals surface area contributed by atoms with E-state index in [1.165, 1.54) is 6.92 Å². The molecule has 0 aliphatic rings. The van der Waals surface area contributed by atoms with E-state index in [1.54, 1.807) is 4.57 Å². The number of ketones is 1. The molecule has 100 valence electrons. The van der Waals surface area contributed by atoms with E-state index in [0.717, 1.165) is 5.56 Å². The number of nitrogens with zero attached hydrogens (tertiary/aromatic N) is 2. The zero-order valence-corrected chi connectivity index (χ0v) is 11.9. The molecule has 0 unspecified atom stereocenters. The molecule has 0 saturated carbocycles. The van der Waals surface area contributed by atoms with Crippen LogP contribution in [0, 0.1) is 6.92 Å². The fourth-order valence-corrected chi connectivity index (χ4v) is 2.01. The van der Waals surface area contributed by atoms with Crippen LogP contribution in [0.4, 0.5) is 0 Å². The second kappa shape index (κ2) is 5.45. The van der Waals surface area contributed by atoms with Gasteiger partial charge in [-0.15, -0.1) is 0 Å². The number of carbonyl (C=O) groups is 1. The van der Waals surface area contributed by atoms with Crippen LogP contribution in [-0.2, 0) is 6.54 Å². The van der Waals surface area contributed by atoms with Crippen LogP contribution < -0.4 is 4.74 Å². The van der Waals surface area contributed by atoms with E-state index in [-0.39, 0.29) is 10.9 Å². The fraction of sp³-hybridized carbons (Fsp3) is 0.286. The van der Waals surface area contributed by atoms with E-state index in [2.05, 4.69) is 4.98 Å². The largest absolute Gasteiger partial charge is 0.438 e. The van der Waals surface area contributed by atoms with Crippen molar-refractivity contribution >= 4 is 17.4 Å². The molecule has 2 aromatic rings. The van der Waals surface area contributed by atoms with E-state index in [0.29, 0.717) is 24.0 Å². The van der Waals surface area contributed by atoms with Gasteiger partial charge in [-0.05, 0) is 26.0 Å². The number of ether oxygens (including phenoxy) is 1. The Morgan fingerprint density at radius 2 is 2.00 bits per heavy atom. The molecule has 0 spiro atoms. The van der Waals surface area contributed by atoms with Gasteiger partial charge in [-0.2, -0.15) is 0 Å². The highest BCUT2D eigenvalue weighted by Gasteiger charge is 2.19. The number of imidazole rings is 1. The zero-order valence-electron chi connectivity index (χ0n) is 11.1. The van der Waals surface area contributed by atoms with Gasteiger partial charge in [0.15, 0.2) is 16.8 Å². The van der Waals surface area contributed by atoms with Gasteiger partial charge >= 0.3 is 0 Å². The summed E-state index contributed by atoms with van der Waals surface area (Å²) in [7, 11) is 0. The lowest BCUT2D eigenvalue weighted by Gasteiger charge is -2.09. The predicted molar refractivity (Wildman–Crippen MR) is 74.2 cm³/mol. The van der Waals surface area contributed by atoms with Crippen LogP contribution in [0.15, 0.2) is 24.3 Å². The first-order valence-corrected chi connectivity index (χ1v) is 6.42. The molecule has 4 nitrogen and oxygen atoms in total. The first-order chi connectivity index (χ1) is 9.02. The first kappa shape index (κ1) is 13.6. The lowest BCUT2D eigenvalue weighted by molar-refractivity contribution is 0.0998. The fourth-order valence-electron chi connectivity index (χ4n) is 1.79. The molecule has 0 N–H and O–H groups in total. The van der Waals surface area contributed by atoms with Crippen molar-refractivity contribution in [3.8, 4) is 11.6 Å². The number of halogens is 1. The van der Waals surface area contributed by atoms with Crippen LogP contribution in [0.1, 0.15) is 30.0 Å². The summed E-state index contributed by atoms with van der Waals surface area (Å²) in [5, 5.41) is 0.202. The second-order valence-corrected chi connectivity index (χ2v) is 4.60. The molecule has 0 fully saturated rings. The van der Waals surface area contributed by atoms with Crippen molar-refractivity contribution in [1.29, 1.82) is 0 Å². The number of hydrogen-bond acceptors (Lipinski definition) is 3. The van der Waals surface area contributed by atoms with E-state index < -0.39 is 0 Å². The highest BCUT2D eigenvalue weighted by molar-refractivity contribution is 6.31. The highest BCUT2D eigenvalue weighted by atomic mass is 35.5. The first-order valence-electron chi connectivity index (χ1n) is 6.04. The van der Waals surface area contributed by atoms with Crippen molar-refractivity contribution in [2.45, 2.75) is 27.3 Å². The minimum Gasteiger partial charge on any atom is -0.438 e. The summed E-state index contributed by atoms with van der Waals surface area (Å²) in [6.07, 6.45) is 0. The Hall–Kier alpha value is -1.81. The van der Waals surface area contributed by atoms with Gasteiger partial charge in [-0.3, -0.25) is 9.36 Å². The predicted octanol–water partition coefficient (Wildman–Crippen LogP) is 3.86. The van der Waals surface area contributed by atoms with Crippen molar-refractivity contribution in [1.82, 2.24) is 9.55 Å². The van der Waals surface area contributed by atoms with Crippen molar-refractivity contribution < 1.29 is 9.53 Å². The third kappa shape index (κ3) is 2.79. The highest BCUT2D eigenvalue weighted by Crippen LogP contribution is 2.30. The average Bonchev–Trinajstić information content (AvgIpc) is 2.69. The topological polar surface area (TPSA) is 44.1 Å². The van der Waals surface area contributed by atoms with Gasteiger partial charge in [0.05, 0.1) is 0 Å². The summed E-state index contributed by atoms with van der Waals surface area (Å²) >= 11 is 6.04. The number of aryl methyl sites for hydroxylation is 1. The van der Waals surface area contributed by atoms with Crippen molar-refractivity contribution in [2.75, 3.05) is 0 Å². The van der Waals surface area contributed by atoms with Gasteiger partial charge in [0.1, 0.15) is 5.75 Å². The van der Waals surface area contributed by atoms with Gasteiger partial charge < -0.3 is 4.74 Å². The molecule has 1 aromatic carbocycles. The van der Waals surface area contributed by atoms with Crippen LogP contribution in [0.25, 0.3) is 0 Å². The Bertz CT molecular complexity index is 603. The van der Waals surface area contributed by atoms with Gasteiger partial charge in [0.25, 0.3) is 0 Å². The number of Topliss-reactive ketones (excluding diaryl/α,β-unsaturated/α-hetero) is 1. The Morgan fingerprint density at radius 1 is 1.37 bits per heavy atom. The molecule has 2 rings (SSSR count). The monoisotopic (exact) mass is 278 g/mol. The minimum absolute atomic E-state index is 0.137. The van der Waals surface area contributed by atoms with Crippen molar-refractivity contribution in [2.24, 2.45) is 0 Å². The Morgan fingerprint density at radius 3 is 2.53 bits per heavy atom. The van der Waals surface area contributed by atoms with Crippen LogP contribution in [-0.4, -0.2) is 15.3 Å². The van der Waals surface area contributed by atoms with Gasteiger partial charge in [-0.25, -0.2) is 4.98 Å². The summed E-state index contributed by atoms with van der Waals surface area (Å²) in [6, 6.07) is 7.60. The number of aromatic nitrogens is 2. The van der Waals surface area contributed by atoms with E-state index in [1.807, 2.05) is 38.1 Å².